The molecule has 0 saturated carbocycles. The van der Waals surface area contributed by atoms with E-state index in [2.05, 4.69) is 403 Å². The molecule has 0 atom stereocenters. The Bertz CT molecular complexity index is 4940. The van der Waals surface area contributed by atoms with E-state index in [0.29, 0.717) is 0 Å². The van der Waals surface area contributed by atoms with Crippen LogP contribution >= 0.6 is 0 Å². The molecule has 0 aromatic heterocycles. The zero-order chi connectivity index (χ0) is 67.0. The van der Waals surface area contributed by atoms with Crippen molar-refractivity contribution >= 4 is 58.4 Å². The number of hydrogen-bond acceptors (Lipinski definition) is 2. The van der Waals surface area contributed by atoms with Gasteiger partial charge in [-0.2, -0.15) is 0 Å². The molecule has 14 aromatic rings. The molecule has 2 nitrogen and oxygen atoms in total. The van der Waals surface area contributed by atoms with E-state index in [1.807, 2.05) is 0 Å². The number of nitrogens with zero attached hydrogens (tertiary/aromatic N) is 2. The highest BCUT2D eigenvalue weighted by Crippen LogP contribution is 2.54. The van der Waals surface area contributed by atoms with E-state index in [9.17, 15) is 0 Å². The van der Waals surface area contributed by atoms with Crippen LogP contribution in [0.4, 0.5) is 34.1 Å². The van der Waals surface area contributed by atoms with Crippen molar-refractivity contribution in [3.8, 4) is 77.9 Å². The van der Waals surface area contributed by atoms with E-state index < -0.39 is 0 Å². The minimum absolute atomic E-state index is 0.178. The molecule has 0 unspecified atom stereocenters. The van der Waals surface area contributed by atoms with Crippen molar-refractivity contribution in [1.29, 1.82) is 0 Å². The molecule has 0 N–H and O–H groups in total. The smallest absolute Gasteiger partial charge is 0.0465 e. The molecular weight excluding hydrogens is 1190 g/mol. The van der Waals surface area contributed by atoms with Crippen LogP contribution in [0.5, 0.6) is 0 Å². The fourth-order valence-electron chi connectivity index (χ4n) is 16.0. The molecule has 0 spiro atoms. The molecule has 99 heavy (non-hydrogen) atoms. The topological polar surface area (TPSA) is 6.48 Å². The molecule has 0 bridgehead atoms. The first kappa shape index (κ1) is 60.8. The Labute approximate surface area is 583 Å². The average Bonchev–Trinajstić information content (AvgIpc) is 1.60. The number of fused-ring (bicyclic) bond motifs is 9. The van der Waals surface area contributed by atoms with Crippen LogP contribution in [0.3, 0.4) is 0 Å². The summed E-state index contributed by atoms with van der Waals surface area (Å²) in [5, 5.41) is 0. The van der Waals surface area contributed by atoms with Gasteiger partial charge in [0.2, 0.25) is 0 Å². The lowest BCUT2D eigenvalue weighted by molar-refractivity contribution is 0.660. The zero-order valence-electron chi connectivity index (χ0n) is 56.9. The third kappa shape index (κ3) is 10.9. The molecule has 3 aliphatic rings. The first-order valence-electron chi connectivity index (χ1n) is 34.8. The third-order valence-corrected chi connectivity index (χ3v) is 21.5. The SMILES string of the molecule is CC1(C)c2cc(C=Cc3ccc4c(c3)C(C)(C)c3cc(N(c5ccc(-c6ccccc6)cc5)c5ccc(-c6ccccc6)cc5)ccc3-4)ccc2-c2ccc(C=Cc3ccc4c(c3)C(C)(C)c3cc(N(c5ccc(-c6ccccc6)cc5)c5ccc(-c6ccccc6)cc5)ccc3-4)cc21. The molecule has 474 valence electrons. The fraction of sp³-hybridized carbons (Fsp3) is 0.0928. The summed E-state index contributed by atoms with van der Waals surface area (Å²) >= 11 is 0. The van der Waals surface area contributed by atoms with Gasteiger partial charge >= 0.3 is 0 Å². The number of benzene rings is 14. The summed E-state index contributed by atoms with van der Waals surface area (Å²) in [6, 6.07) is 121. The molecule has 0 saturated heterocycles. The molecule has 0 heterocycles. The summed E-state index contributed by atoms with van der Waals surface area (Å²) < 4.78 is 0. The number of rotatable bonds is 14. The Kier molecular flexibility index (Phi) is 15.0. The van der Waals surface area contributed by atoms with Crippen LogP contribution in [0.25, 0.3) is 102 Å². The van der Waals surface area contributed by atoms with Crippen LogP contribution < -0.4 is 9.80 Å². The van der Waals surface area contributed by atoms with Gasteiger partial charge in [-0.25, -0.2) is 0 Å². The summed E-state index contributed by atoms with van der Waals surface area (Å²) in [4.78, 5) is 4.81. The molecule has 3 aliphatic carbocycles. The van der Waals surface area contributed by atoms with Crippen LogP contribution in [0.1, 0.15) is 97.2 Å². The second-order valence-corrected chi connectivity index (χ2v) is 28.5. The summed E-state index contributed by atoms with van der Waals surface area (Å²) in [7, 11) is 0. The molecule has 17 rings (SSSR count). The van der Waals surface area contributed by atoms with Crippen molar-refractivity contribution in [1.82, 2.24) is 0 Å². The number of anilines is 6. The maximum Gasteiger partial charge on any atom is 0.0465 e. The van der Waals surface area contributed by atoms with Crippen molar-refractivity contribution in [2.24, 2.45) is 0 Å². The first-order chi connectivity index (χ1) is 48.3. The van der Waals surface area contributed by atoms with E-state index >= 15 is 0 Å². The van der Waals surface area contributed by atoms with Gasteiger partial charge in [0.25, 0.3) is 0 Å². The summed E-state index contributed by atoms with van der Waals surface area (Å²) in [5.74, 6) is 0. The maximum atomic E-state index is 2.43. The normalized spacial score (nSPS) is 13.9. The Morgan fingerprint density at radius 1 is 0.182 bits per heavy atom. The van der Waals surface area contributed by atoms with E-state index in [-0.39, 0.29) is 16.2 Å². The van der Waals surface area contributed by atoms with Crippen molar-refractivity contribution < 1.29 is 0 Å². The highest BCUT2D eigenvalue weighted by atomic mass is 15.1. The van der Waals surface area contributed by atoms with Gasteiger partial charge in [-0.15, -0.1) is 0 Å². The van der Waals surface area contributed by atoms with Gasteiger partial charge in [-0.05, 0) is 206 Å². The van der Waals surface area contributed by atoms with Crippen LogP contribution in [0, 0.1) is 0 Å². The van der Waals surface area contributed by atoms with Crippen LogP contribution in [-0.4, -0.2) is 0 Å². The Hall–Kier alpha value is -11.8. The standard InChI is InChI=1S/C97H76N2/c1-95(2)89-59-65(27-29-67-33-55-85-87-57-51-81(63-93(87)96(3,4)91(85)61-67)98(77-43-35-73(36-44-77)69-19-11-7-12-20-69)78-45-37-74(38-46-78)70-21-13-8-14-22-70)31-53-83(89)84-54-32-66(60-90(84)95)28-30-68-34-56-86-88-58-52-82(64-94(88)97(5,6)92(86)62-68)99(79-47-39-75(40-48-79)71-23-15-9-16-24-71)80-49-41-76(42-50-80)72-25-17-10-18-26-72/h7-64H,1-6H3. The summed E-state index contributed by atoms with van der Waals surface area (Å²) in [5.41, 5.74) is 36.5. The third-order valence-electron chi connectivity index (χ3n) is 21.5. The van der Waals surface area contributed by atoms with Gasteiger partial charge < -0.3 is 9.80 Å². The van der Waals surface area contributed by atoms with Crippen molar-refractivity contribution in [2.45, 2.75) is 57.8 Å². The van der Waals surface area contributed by atoms with Gasteiger partial charge in [0.1, 0.15) is 0 Å². The predicted molar refractivity (Wildman–Crippen MR) is 421 cm³/mol. The average molecular weight is 1270 g/mol. The highest BCUT2D eigenvalue weighted by Gasteiger charge is 2.39. The summed E-state index contributed by atoms with van der Waals surface area (Å²) in [6.07, 6.45) is 9.20. The molecule has 0 radical (unpaired) electrons. The van der Waals surface area contributed by atoms with E-state index in [1.165, 1.54) is 134 Å². The van der Waals surface area contributed by atoms with Crippen molar-refractivity contribution in [3.05, 3.63) is 383 Å². The van der Waals surface area contributed by atoms with Crippen LogP contribution in [-0.2, 0) is 16.2 Å². The van der Waals surface area contributed by atoms with Gasteiger partial charge in [0, 0.05) is 50.4 Å². The quantitative estimate of drug-likeness (QED) is 0.100. The number of hydrogen-bond donors (Lipinski definition) is 0. The highest BCUT2D eigenvalue weighted by molar-refractivity contribution is 5.91. The van der Waals surface area contributed by atoms with Crippen molar-refractivity contribution in [3.63, 3.8) is 0 Å². The maximum absolute atomic E-state index is 2.43. The van der Waals surface area contributed by atoms with Gasteiger partial charge in [-0.1, -0.05) is 321 Å². The van der Waals surface area contributed by atoms with Gasteiger partial charge in [-0.3, -0.25) is 0 Å². The fourth-order valence-corrected chi connectivity index (χ4v) is 16.0. The lowest BCUT2D eigenvalue weighted by Gasteiger charge is -2.28. The molecule has 14 aromatic carbocycles. The van der Waals surface area contributed by atoms with E-state index in [0.717, 1.165) is 34.1 Å². The molecule has 0 amide bonds. The lowest BCUT2D eigenvalue weighted by atomic mass is 9.81. The van der Waals surface area contributed by atoms with E-state index in [4.69, 9.17) is 0 Å². The van der Waals surface area contributed by atoms with Crippen molar-refractivity contribution in [2.75, 3.05) is 9.80 Å². The monoisotopic (exact) mass is 1270 g/mol. The molecule has 2 heteroatoms. The van der Waals surface area contributed by atoms with E-state index in [1.54, 1.807) is 0 Å². The lowest BCUT2D eigenvalue weighted by Crippen LogP contribution is -2.16. The first-order valence-corrected chi connectivity index (χ1v) is 34.8. The minimum atomic E-state index is -0.224. The predicted octanol–water partition coefficient (Wildman–Crippen LogP) is 26.6. The summed E-state index contributed by atoms with van der Waals surface area (Å²) in [6.45, 7) is 14.3. The Balaban J connectivity index is 0.604. The Morgan fingerprint density at radius 3 is 0.586 bits per heavy atom. The van der Waals surface area contributed by atoms with Crippen LogP contribution in [0.2, 0.25) is 0 Å². The van der Waals surface area contributed by atoms with Crippen LogP contribution in [0.15, 0.2) is 328 Å². The largest absolute Gasteiger partial charge is 0.310 e. The molecular formula is C97H76N2. The molecule has 0 aliphatic heterocycles. The second-order valence-electron chi connectivity index (χ2n) is 28.5. The molecule has 0 fully saturated rings. The Morgan fingerprint density at radius 2 is 0.364 bits per heavy atom. The zero-order valence-corrected chi connectivity index (χ0v) is 56.9. The van der Waals surface area contributed by atoms with Gasteiger partial charge in [0.15, 0.2) is 0 Å². The minimum Gasteiger partial charge on any atom is -0.310 e. The second kappa shape index (κ2) is 24.4. The van der Waals surface area contributed by atoms with Gasteiger partial charge in [0.05, 0.1) is 0 Å².